The van der Waals surface area contributed by atoms with E-state index in [4.69, 9.17) is 5.10 Å². The van der Waals surface area contributed by atoms with Gasteiger partial charge in [0.2, 0.25) is 11.1 Å². The molecule has 160 valence electrons. The van der Waals surface area contributed by atoms with Gasteiger partial charge in [0, 0.05) is 16.3 Å². The number of hydrogen-bond acceptors (Lipinski definition) is 6. The smallest absolute Gasteiger partial charge is 0.255 e. The van der Waals surface area contributed by atoms with Gasteiger partial charge in [-0.15, -0.1) is 16.9 Å². The summed E-state index contributed by atoms with van der Waals surface area (Å²) >= 11 is 3.27. The van der Waals surface area contributed by atoms with E-state index < -0.39 is 0 Å². The summed E-state index contributed by atoms with van der Waals surface area (Å²) in [5, 5.41) is 11.8. The number of anilines is 2. The first-order chi connectivity index (χ1) is 15.0. The predicted molar refractivity (Wildman–Crippen MR) is 129 cm³/mol. The lowest BCUT2D eigenvalue weighted by Gasteiger charge is -2.29. The van der Waals surface area contributed by atoms with Crippen LogP contribution < -0.4 is 10.6 Å². The second-order valence-electron chi connectivity index (χ2n) is 7.20. The van der Waals surface area contributed by atoms with Crippen molar-refractivity contribution in [1.29, 1.82) is 0 Å². The van der Waals surface area contributed by atoms with Gasteiger partial charge in [0.15, 0.2) is 0 Å². The Morgan fingerprint density at radius 3 is 2.58 bits per heavy atom. The number of aromatic nitrogens is 3. The number of carbonyl (C=O) groups is 1. The number of nitrogens with one attached hydrogen (secondary N) is 2. The second kappa shape index (κ2) is 9.20. The Morgan fingerprint density at radius 1 is 1.16 bits per heavy atom. The van der Waals surface area contributed by atoms with E-state index >= 15 is 0 Å². The monoisotopic (exact) mass is 451 g/mol. The number of aryl methyl sites for hydroxylation is 1. The zero-order valence-electron chi connectivity index (χ0n) is 18.0. The van der Waals surface area contributed by atoms with E-state index in [1.165, 1.54) is 4.90 Å². The van der Waals surface area contributed by atoms with Gasteiger partial charge in [0.05, 0.1) is 5.57 Å². The summed E-state index contributed by atoms with van der Waals surface area (Å²) in [6.07, 6.45) is 2.05. The molecule has 1 aliphatic heterocycles. The molecule has 2 heterocycles. The predicted octanol–water partition coefficient (Wildman–Crippen LogP) is 5.35. The van der Waals surface area contributed by atoms with Crippen LogP contribution in [0, 0.1) is 6.92 Å². The first kappa shape index (κ1) is 21.5. The number of hydrogen-bond donors (Lipinski definition) is 2. The number of allylic oxidation sites excluding steroid dienone is 1. The van der Waals surface area contributed by atoms with Crippen LogP contribution in [0.3, 0.4) is 0 Å². The molecule has 1 amide bonds. The fraction of sp³-hybridized carbons (Fsp3) is 0.261. The minimum absolute atomic E-state index is 0.149. The maximum absolute atomic E-state index is 13.5. The molecule has 2 N–H and O–H groups in total. The molecule has 4 rings (SSSR count). The Balaban J connectivity index is 1.78. The molecule has 0 radical (unpaired) electrons. The summed E-state index contributed by atoms with van der Waals surface area (Å²) in [6.45, 7) is 5.97. The van der Waals surface area contributed by atoms with Crippen LogP contribution in [0.5, 0.6) is 0 Å². The van der Waals surface area contributed by atoms with Gasteiger partial charge in [-0.1, -0.05) is 49.0 Å². The number of nitrogens with zero attached hydrogens (tertiary/aromatic N) is 3. The summed E-state index contributed by atoms with van der Waals surface area (Å²) in [6, 6.07) is 15.7. The van der Waals surface area contributed by atoms with E-state index in [9.17, 15) is 4.79 Å². The number of amides is 1. The van der Waals surface area contributed by atoms with E-state index in [2.05, 4.69) is 53.1 Å². The van der Waals surface area contributed by atoms with Crippen molar-refractivity contribution in [1.82, 2.24) is 14.8 Å². The highest BCUT2D eigenvalue weighted by Crippen LogP contribution is 2.37. The SMILES string of the molecule is CCSc1nc2n(n1)[C@H](c1ccc(SC)cc1)C(C(=O)Nc1ccccc1C)=C(C)N2. The fourth-order valence-electron chi connectivity index (χ4n) is 3.61. The maximum atomic E-state index is 13.5. The van der Waals surface area contributed by atoms with Crippen molar-refractivity contribution in [2.24, 2.45) is 0 Å². The summed E-state index contributed by atoms with van der Waals surface area (Å²) < 4.78 is 1.83. The van der Waals surface area contributed by atoms with Gasteiger partial charge in [-0.05, 0) is 55.2 Å². The van der Waals surface area contributed by atoms with Crippen LogP contribution in [-0.2, 0) is 4.79 Å². The third-order valence-electron chi connectivity index (χ3n) is 5.18. The maximum Gasteiger partial charge on any atom is 0.255 e. The molecule has 3 aromatic rings. The molecule has 1 aliphatic rings. The first-order valence-electron chi connectivity index (χ1n) is 10.1. The molecule has 0 fully saturated rings. The molecule has 2 aromatic carbocycles. The van der Waals surface area contributed by atoms with Crippen LogP contribution in [0.2, 0.25) is 0 Å². The Hall–Kier alpha value is -2.71. The van der Waals surface area contributed by atoms with Crippen molar-refractivity contribution in [2.75, 3.05) is 22.6 Å². The van der Waals surface area contributed by atoms with Crippen molar-refractivity contribution in [3.63, 3.8) is 0 Å². The molecule has 0 bridgehead atoms. The van der Waals surface area contributed by atoms with E-state index in [0.29, 0.717) is 16.7 Å². The van der Waals surface area contributed by atoms with Crippen molar-refractivity contribution >= 4 is 41.1 Å². The average molecular weight is 452 g/mol. The Morgan fingerprint density at radius 2 is 1.90 bits per heavy atom. The summed E-state index contributed by atoms with van der Waals surface area (Å²) in [5.74, 6) is 1.38. The average Bonchev–Trinajstić information content (AvgIpc) is 3.16. The third kappa shape index (κ3) is 4.36. The highest BCUT2D eigenvalue weighted by molar-refractivity contribution is 7.99. The van der Waals surface area contributed by atoms with Crippen LogP contribution in [0.1, 0.15) is 31.0 Å². The molecular weight excluding hydrogens is 426 g/mol. The highest BCUT2D eigenvalue weighted by Gasteiger charge is 2.34. The molecule has 0 aliphatic carbocycles. The summed E-state index contributed by atoms with van der Waals surface area (Å²) in [5.41, 5.74) is 4.22. The van der Waals surface area contributed by atoms with Crippen LogP contribution in [0.25, 0.3) is 0 Å². The third-order valence-corrected chi connectivity index (χ3v) is 6.64. The largest absolute Gasteiger partial charge is 0.328 e. The lowest BCUT2D eigenvalue weighted by molar-refractivity contribution is -0.113. The molecule has 0 unspecified atom stereocenters. The summed E-state index contributed by atoms with van der Waals surface area (Å²) in [4.78, 5) is 19.3. The number of para-hydroxylation sites is 1. The van der Waals surface area contributed by atoms with Gasteiger partial charge in [-0.3, -0.25) is 4.79 Å². The number of fused-ring (bicyclic) bond motifs is 1. The van der Waals surface area contributed by atoms with Crippen molar-refractivity contribution in [2.45, 2.75) is 36.9 Å². The van der Waals surface area contributed by atoms with E-state index in [-0.39, 0.29) is 11.9 Å². The van der Waals surface area contributed by atoms with Gasteiger partial charge in [-0.2, -0.15) is 4.98 Å². The minimum Gasteiger partial charge on any atom is -0.328 e. The Bertz CT molecular complexity index is 1140. The van der Waals surface area contributed by atoms with Gasteiger partial charge >= 0.3 is 0 Å². The Kier molecular flexibility index (Phi) is 6.38. The molecular formula is C23H25N5OS2. The van der Waals surface area contributed by atoms with Gasteiger partial charge < -0.3 is 10.6 Å². The van der Waals surface area contributed by atoms with Crippen LogP contribution >= 0.6 is 23.5 Å². The van der Waals surface area contributed by atoms with Gasteiger partial charge in [0.1, 0.15) is 6.04 Å². The Labute approximate surface area is 190 Å². The van der Waals surface area contributed by atoms with E-state index in [0.717, 1.165) is 28.3 Å². The quantitative estimate of drug-likeness (QED) is 0.493. The molecule has 31 heavy (non-hydrogen) atoms. The van der Waals surface area contributed by atoms with Crippen molar-refractivity contribution in [3.05, 3.63) is 70.9 Å². The molecule has 0 spiro atoms. The van der Waals surface area contributed by atoms with Gasteiger partial charge in [-0.25, -0.2) is 4.68 Å². The molecule has 0 saturated heterocycles. The normalized spacial score (nSPS) is 15.4. The number of benzene rings is 2. The summed E-state index contributed by atoms with van der Waals surface area (Å²) in [7, 11) is 0. The van der Waals surface area contributed by atoms with Crippen LogP contribution in [-0.4, -0.2) is 32.7 Å². The zero-order chi connectivity index (χ0) is 22.0. The lowest BCUT2D eigenvalue weighted by atomic mass is 9.95. The molecule has 1 aromatic heterocycles. The van der Waals surface area contributed by atoms with Crippen molar-refractivity contribution in [3.8, 4) is 0 Å². The highest BCUT2D eigenvalue weighted by atomic mass is 32.2. The van der Waals surface area contributed by atoms with Crippen LogP contribution in [0.15, 0.2) is 69.9 Å². The van der Waals surface area contributed by atoms with E-state index in [1.54, 1.807) is 23.5 Å². The molecule has 8 heteroatoms. The standard InChI is InChI=1S/C23H25N5OS2/c1-5-31-23-26-22-24-15(3)19(21(29)25-18-9-7-6-8-14(18)2)20(28(22)27-23)16-10-12-17(30-4)13-11-16/h6-13,20H,5H2,1-4H3,(H,25,29)(H,24,26,27)/t20-/m1/s1. The minimum atomic E-state index is -0.366. The second-order valence-corrected chi connectivity index (χ2v) is 9.31. The molecule has 6 nitrogen and oxygen atoms in total. The first-order valence-corrected chi connectivity index (χ1v) is 12.3. The number of carbonyl (C=O) groups excluding carboxylic acids is 1. The van der Waals surface area contributed by atoms with E-state index in [1.807, 2.05) is 42.8 Å². The molecule has 1 atom stereocenters. The fourth-order valence-corrected chi connectivity index (χ4v) is 4.58. The number of rotatable bonds is 6. The zero-order valence-corrected chi connectivity index (χ0v) is 19.6. The molecule has 0 saturated carbocycles. The van der Waals surface area contributed by atoms with Gasteiger partial charge in [0.25, 0.3) is 5.91 Å². The number of thioether (sulfide) groups is 2. The van der Waals surface area contributed by atoms with Crippen molar-refractivity contribution < 1.29 is 4.79 Å². The van der Waals surface area contributed by atoms with Crippen LogP contribution in [0.4, 0.5) is 11.6 Å². The topological polar surface area (TPSA) is 71.8 Å². The lowest BCUT2D eigenvalue weighted by Crippen LogP contribution is -2.31.